The van der Waals surface area contributed by atoms with Crippen LogP contribution in [0.2, 0.25) is 0 Å². The predicted molar refractivity (Wildman–Crippen MR) is 100 cm³/mol. The average Bonchev–Trinajstić information content (AvgIpc) is 2.64. The lowest BCUT2D eigenvalue weighted by Gasteiger charge is -2.22. The fourth-order valence-corrected chi connectivity index (χ4v) is 2.94. The number of aromatic carboxylic acids is 1. The predicted octanol–water partition coefficient (Wildman–Crippen LogP) is 2.21. The lowest BCUT2D eigenvalue weighted by molar-refractivity contribution is -0.105. The Morgan fingerprint density at radius 2 is 1.96 bits per heavy atom. The van der Waals surface area contributed by atoms with Crippen molar-refractivity contribution in [1.82, 2.24) is 5.32 Å². The van der Waals surface area contributed by atoms with Crippen LogP contribution in [0.15, 0.2) is 42.5 Å². The van der Waals surface area contributed by atoms with E-state index in [9.17, 15) is 14.7 Å². The van der Waals surface area contributed by atoms with E-state index in [-0.39, 0.29) is 6.10 Å². The Bertz CT molecular complexity index is 744. The minimum atomic E-state index is -0.883. The summed E-state index contributed by atoms with van der Waals surface area (Å²) in [5.74, 6) is -0.883. The van der Waals surface area contributed by atoms with E-state index in [0.717, 1.165) is 36.2 Å². The third-order valence-corrected chi connectivity index (χ3v) is 4.26. The Labute approximate surface area is 152 Å². The molecule has 0 aliphatic heterocycles. The summed E-state index contributed by atoms with van der Waals surface area (Å²) in [5, 5.41) is 23.8. The van der Waals surface area contributed by atoms with Crippen LogP contribution in [0, 0.1) is 0 Å². The molecule has 2 aromatic rings. The van der Waals surface area contributed by atoms with Crippen LogP contribution in [0.4, 0.5) is 5.69 Å². The first-order valence-electron chi connectivity index (χ1n) is 8.51. The summed E-state index contributed by atoms with van der Waals surface area (Å²) in [6, 6.07) is 12.7. The largest absolute Gasteiger partial charge is 0.478 e. The van der Waals surface area contributed by atoms with E-state index in [1.54, 1.807) is 24.3 Å². The van der Waals surface area contributed by atoms with E-state index in [1.165, 1.54) is 5.56 Å². The number of fused-ring (bicyclic) bond motifs is 1. The van der Waals surface area contributed by atoms with Crippen LogP contribution in [0.25, 0.3) is 0 Å². The molecule has 138 valence electrons. The number of benzene rings is 2. The van der Waals surface area contributed by atoms with Crippen molar-refractivity contribution in [3.8, 4) is 0 Å². The van der Waals surface area contributed by atoms with Crippen molar-refractivity contribution in [1.29, 1.82) is 0 Å². The molecule has 0 radical (unpaired) electrons. The van der Waals surface area contributed by atoms with Gasteiger partial charge in [-0.2, -0.15) is 0 Å². The molecule has 26 heavy (non-hydrogen) atoms. The maximum atomic E-state index is 10.5. The molecule has 6 heteroatoms. The monoisotopic (exact) mass is 356 g/mol. The molecule has 6 nitrogen and oxygen atoms in total. The summed E-state index contributed by atoms with van der Waals surface area (Å²) in [7, 11) is 1.85. The van der Waals surface area contributed by atoms with Crippen molar-refractivity contribution in [3.63, 3.8) is 0 Å². The number of rotatable bonds is 5. The third kappa shape index (κ3) is 5.40. The van der Waals surface area contributed by atoms with E-state index < -0.39 is 5.97 Å². The number of carbonyl (C=O) groups excluding carboxylic acids is 1. The van der Waals surface area contributed by atoms with Crippen molar-refractivity contribution < 1.29 is 19.8 Å². The average molecular weight is 356 g/mol. The number of carboxylic acid groups (broad SMARTS) is 1. The van der Waals surface area contributed by atoms with Crippen molar-refractivity contribution in [2.24, 2.45) is 0 Å². The van der Waals surface area contributed by atoms with Gasteiger partial charge in [-0.3, -0.25) is 4.79 Å². The normalized spacial score (nSPS) is 15.2. The quantitative estimate of drug-likeness (QED) is 0.616. The number of aliphatic hydroxyl groups excluding tert-OH is 1. The summed E-state index contributed by atoms with van der Waals surface area (Å²) in [6.07, 6.45) is 2.77. The van der Waals surface area contributed by atoms with Crippen LogP contribution >= 0.6 is 0 Å². The standard InChI is InChI=1S/C11H13NO2.C9H11NO2/c13-7-12-11-3-1-2-8-4-5-9(14)6-10(8)11;1-10-6-7-2-4-8(5-3-7)9(11)12/h1-3,7,9,14H,4-6H2,(H,12,13);2-5,10H,6H2,1H3,(H,11,12). The van der Waals surface area contributed by atoms with Crippen LogP contribution in [-0.4, -0.2) is 35.7 Å². The first kappa shape index (κ1) is 19.6. The topological polar surface area (TPSA) is 98.7 Å². The molecule has 1 unspecified atom stereocenters. The molecule has 0 heterocycles. The summed E-state index contributed by atoms with van der Waals surface area (Å²) >= 11 is 0. The number of amides is 1. The van der Waals surface area contributed by atoms with Gasteiger partial charge in [0.25, 0.3) is 0 Å². The van der Waals surface area contributed by atoms with Gasteiger partial charge in [-0.15, -0.1) is 0 Å². The summed E-state index contributed by atoms with van der Waals surface area (Å²) in [6.45, 7) is 0.764. The van der Waals surface area contributed by atoms with E-state index in [2.05, 4.69) is 16.7 Å². The maximum Gasteiger partial charge on any atom is 0.335 e. The molecule has 2 aromatic carbocycles. The number of carbonyl (C=O) groups is 2. The number of aryl methyl sites for hydroxylation is 1. The van der Waals surface area contributed by atoms with Gasteiger partial charge in [0.15, 0.2) is 0 Å². The van der Waals surface area contributed by atoms with E-state index in [4.69, 9.17) is 5.11 Å². The second kappa shape index (κ2) is 9.70. The molecule has 0 spiro atoms. The first-order chi connectivity index (χ1) is 12.5. The van der Waals surface area contributed by atoms with Crippen LogP contribution in [-0.2, 0) is 24.2 Å². The number of nitrogens with one attached hydrogen (secondary N) is 2. The van der Waals surface area contributed by atoms with Crippen LogP contribution in [0.3, 0.4) is 0 Å². The second-order valence-electron chi connectivity index (χ2n) is 6.13. The first-order valence-corrected chi connectivity index (χ1v) is 8.51. The number of aliphatic hydroxyl groups is 1. The van der Waals surface area contributed by atoms with Gasteiger partial charge in [-0.1, -0.05) is 24.3 Å². The molecule has 0 aromatic heterocycles. The molecule has 0 bridgehead atoms. The Morgan fingerprint density at radius 1 is 1.23 bits per heavy atom. The van der Waals surface area contributed by atoms with Gasteiger partial charge in [0.2, 0.25) is 6.41 Å². The molecule has 1 amide bonds. The molecule has 0 saturated heterocycles. The Morgan fingerprint density at radius 3 is 2.58 bits per heavy atom. The van der Waals surface area contributed by atoms with Crippen molar-refractivity contribution in [3.05, 3.63) is 64.7 Å². The maximum absolute atomic E-state index is 10.5. The molecule has 0 saturated carbocycles. The smallest absolute Gasteiger partial charge is 0.335 e. The third-order valence-electron chi connectivity index (χ3n) is 4.26. The minimum Gasteiger partial charge on any atom is -0.478 e. The summed E-state index contributed by atoms with van der Waals surface area (Å²) < 4.78 is 0. The van der Waals surface area contributed by atoms with Gasteiger partial charge in [0.05, 0.1) is 11.7 Å². The Kier molecular flexibility index (Phi) is 7.32. The molecule has 1 atom stereocenters. The Hall–Kier alpha value is -2.70. The summed E-state index contributed by atoms with van der Waals surface area (Å²) in [4.78, 5) is 20.8. The van der Waals surface area contributed by atoms with Gasteiger partial charge >= 0.3 is 5.97 Å². The Balaban J connectivity index is 0.000000190. The van der Waals surface area contributed by atoms with Crippen molar-refractivity contribution >= 4 is 18.1 Å². The van der Waals surface area contributed by atoms with Crippen molar-refractivity contribution in [2.45, 2.75) is 31.9 Å². The molecule has 3 rings (SSSR count). The number of carboxylic acids is 1. The molecular weight excluding hydrogens is 332 g/mol. The minimum absolute atomic E-state index is 0.267. The van der Waals surface area contributed by atoms with E-state index in [0.29, 0.717) is 18.4 Å². The van der Waals surface area contributed by atoms with Crippen LogP contribution < -0.4 is 10.6 Å². The van der Waals surface area contributed by atoms with Gasteiger partial charge in [0.1, 0.15) is 0 Å². The highest BCUT2D eigenvalue weighted by Gasteiger charge is 2.18. The highest BCUT2D eigenvalue weighted by molar-refractivity contribution is 5.87. The second-order valence-corrected chi connectivity index (χ2v) is 6.13. The molecule has 1 aliphatic carbocycles. The lowest BCUT2D eigenvalue weighted by atomic mass is 9.89. The van der Waals surface area contributed by atoms with Gasteiger partial charge in [-0.25, -0.2) is 4.79 Å². The van der Waals surface area contributed by atoms with Gasteiger partial charge < -0.3 is 20.8 Å². The zero-order valence-corrected chi connectivity index (χ0v) is 14.7. The zero-order chi connectivity index (χ0) is 18.9. The lowest BCUT2D eigenvalue weighted by Crippen LogP contribution is -2.19. The highest BCUT2D eigenvalue weighted by atomic mass is 16.4. The SMILES string of the molecule is CNCc1ccc(C(=O)O)cc1.O=CNc1cccc2c1CC(O)CC2. The zero-order valence-electron chi connectivity index (χ0n) is 14.7. The fraction of sp³-hybridized carbons (Fsp3) is 0.300. The van der Waals surface area contributed by atoms with Gasteiger partial charge in [-0.05, 0) is 54.8 Å². The van der Waals surface area contributed by atoms with Gasteiger partial charge in [0, 0.05) is 18.7 Å². The fourth-order valence-electron chi connectivity index (χ4n) is 2.94. The molecule has 4 N–H and O–H groups in total. The number of hydrogen-bond acceptors (Lipinski definition) is 4. The number of anilines is 1. The summed E-state index contributed by atoms with van der Waals surface area (Å²) in [5.41, 5.74) is 4.56. The van der Waals surface area contributed by atoms with Crippen LogP contribution in [0.1, 0.15) is 33.5 Å². The van der Waals surface area contributed by atoms with Crippen LogP contribution in [0.5, 0.6) is 0 Å². The molecular formula is C20H24N2O4. The highest BCUT2D eigenvalue weighted by Crippen LogP contribution is 2.27. The number of hydrogen-bond donors (Lipinski definition) is 4. The molecule has 0 fully saturated rings. The van der Waals surface area contributed by atoms with E-state index in [1.807, 2.05) is 19.2 Å². The molecule has 1 aliphatic rings. The van der Waals surface area contributed by atoms with Crippen molar-refractivity contribution in [2.75, 3.05) is 12.4 Å². The van der Waals surface area contributed by atoms with E-state index >= 15 is 0 Å².